The highest BCUT2D eigenvalue weighted by Crippen LogP contribution is 2.24. The fourth-order valence-electron chi connectivity index (χ4n) is 2.21. The SMILES string of the molecule is Cc1ccc(C)c(C(=O)C(C)Oc2ccc(Br)cc2C)c1. The standard InChI is InChI=1S/C18H19BrO2/c1-11-5-6-12(2)16(9-11)18(20)14(4)21-17-8-7-15(19)10-13(17)3/h5-10,14H,1-4H3. The summed E-state index contributed by atoms with van der Waals surface area (Å²) in [5, 5.41) is 0. The van der Waals surface area contributed by atoms with E-state index in [4.69, 9.17) is 4.74 Å². The highest BCUT2D eigenvalue weighted by atomic mass is 79.9. The minimum atomic E-state index is -0.509. The number of rotatable bonds is 4. The van der Waals surface area contributed by atoms with Crippen LogP contribution in [0.3, 0.4) is 0 Å². The zero-order chi connectivity index (χ0) is 15.6. The molecular formula is C18H19BrO2. The van der Waals surface area contributed by atoms with Crippen LogP contribution in [0.1, 0.15) is 34.0 Å². The van der Waals surface area contributed by atoms with E-state index in [0.29, 0.717) is 0 Å². The number of carbonyl (C=O) groups excluding carboxylic acids is 1. The van der Waals surface area contributed by atoms with E-state index in [9.17, 15) is 4.79 Å². The van der Waals surface area contributed by atoms with Crippen LogP contribution >= 0.6 is 15.9 Å². The lowest BCUT2D eigenvalue weighted by molar-refractivity contribution is 0.0816. The van der Waals surface area contributed by atoms with Crippen LogP contribution in [0.15, 0.2) is 40.9 Å². The van der Waals surface area contributed by atoms with Crippen molar-refractivity contribution in [1.29, 1.82) is 0 Å². The van der Waals surface area contributed by atoms with Gasteiger partial charge in [0.05, 0.1) is 0 Å². The Bertz CT molecular complexity index is 677. The van der Waals surface area contributed by atoms with E-state index < -0.39 is 6.10 Å². The molecule has 1 atom stereocenters. The Morgan fingerprint density at radius 2 is 1.76 bits per heavy atom. The van der Waals surface area contributed by atoms with Crippen LogP contribution in [0.25, 0.3) is 0 Å². The Morgan fingerprint density at radius 1 is 1.05 bits per heavy atom. The van der Waals surface area contributed by atoms with Gasteiger partial charge in [-0.3, -0.25) is 4.79 Å². The summed E-state index contributed by atoms with van der Waals surface area (Å²) < 4.78 is 6.84. The van der Waals surface area contributed by atoms with E-state index in [-0.39, 0.29) is 5.78 Å². The molecule has 21 heavy (non-hydrogen) atoms. The van der Waals surface area contributed by atoms with E-state index in [1.54, 1.807) is 6.92 Å². The number of halogens is 1. The quantitative estimate of drug-likeness (QED) is 0.726. The zero-order valence-corrected chi connectivity index (χ0v) is 14.3. The largest absolute Gasteiger partial charge is 0.482 e. The summed E-state index contributed by atoms with van der Waals surface area (Å²) in [5.74, 6) is 0.753. The third-order valence-corrected chi connectivity index (χ3v) is 3.96. The average molecular weight is 347 g/mol. The normalized spacial score (nSPS) is 12.0. The molecule has 0 N–H and O–H groups in total. The first-order chi connectivity index (χ1) is 9.88. The third kappa shape index (κ3) is 3.73. The number of benzene rings is 2. The van der Waals surface area contributed by atoms with Gasteiger partial charge in [-0.15, -0.1) is 0 Å². The average Bonchev–Trinajstić information content (AvgIpc) is 2.43. The van der Waals surface area contributed by atoms with Crippen molar-refractivity contribution in [3.63, 3.8) is 0 Å². The monoisotopic (exact) mass is 346 g/mol. The summed E-state index contributed by atoms with van der Waals surface area (Å²) in [5.41, 5.74) is 3.80. The first kappa shape index (κ1) is 15.8. The number of carbonyl (C=O) groups is 1. The second-order valence-corrected chi connectivity index (χ2v) is 6.27. The molecule has 1 unspecified atom stereocenters. The molecule has 2 rings (SSSR count). The smallest absolute Gasteiger partial charge is 0.203 e. The molecule has 0 aliphatic carbocycles. The van der Waals surface area contributed by atoms with Crippen molar-refractivity contribution >= 4 is 21.7 Å². The lowest BCUT2D eigenvalue weighted by Crippen LogP contribution is -2.25. The number of aryl methyl sites for hydroxylation is 3. The number of hydrogen-bond donors (Lipinski definition) is 0. The second-order valence-electron chi connectivity index (χ2n) is 5.35. The van der Waals surface area contributed by atoms with Crippen molar-refractivity contribution < 1.29 is 9.53 Å². The molecule has 2 nitrogen and oxygen atoms in total. The van der Waals surface area contributed by atoms with Gasteiger partial charge >= 0.3 is 0 Å². The predicted molar refractivity (Wildman–Crippen MR) is 89.2 cm³/mol. The molecule has 0 heterocycles. The van der Waals surface area contributed by atoms with Crippen molar-refractivity contribution in [3.8, 4) is 5.75 Å². The van der Waals surface area contributed by atoms with Gasteiger partial charge in [-0.05, 0) is 63.1 Å². The van der Waals surface area contributed by atoms with Gasteiger partial charge in [0.15, 0.2) is 6.10 Å². The molecular weight excluding hydrogens is 328 g/mol. The lowest BCUT2D eigenvalue weighted by atomic mass is 9.99. The second kappa shape index (κ2) is 6.44. The molecule has 3 heteroatoms. The van der Waals surface area contributed by atoms with Crippen LogP contribution in [-0.2, 0) is 0 Å². The molecule has 0 saturated carbocycles. The van der Waals surface area contributed by atoms with Gasteiger partial charge in [0.2, 0.25) is 5.78 Å². The van der Waals surface area contributed by atoms with Crippen LogP contribution in [0.2, 0.25) is 0 Å². The molecule has 110 valence electrons. The Balaban J connectivity index is 2.21. The first-order valence-electron chi connectivity index (χ1n) is 6.93. The highest BCUT2D eigenvalue weighted by Gasteiger charge is 2.19. The van der Waals surface area contributed by atoms with Crippen molar-refractivity contribution in [1.82, 2.24) is 0 Å². The number of ketones is 1. The van der Waals surface area contributed by atoms with Crippen molar-refractivity contribution in [2.75, 3.05) is 0 Å². The summed E-state index contributed by atoms with van der Waals surface area (Å²) in [6.07, 6.45) is -0.509. The molecule has 0 spiro atoms. The molecule has 0 radical (unpaired) electrons. The third-order valence-electron chi connectivity index (χ3n) is 3.47. The van der Waals surface area contributed by atoms with E-state index in [0.717, 1.165) is 32.5 Å². The summed E-state index contributed by atoms with van der Waals surface area (Å²) in [7, 11) is 0. The molecule has 0 aliphatic rings. The van der Waals surface area contributed by atoms with Gasteiger partial charge in [-0.25, -0.2) is 0 Å². The van der Waals surface area contributed by atoms with Crippen LogP contribution in [0.4, 0.5) is 0 Å². The van der Waals surface area contributed by atoms with Crippen LogP contribution in [0.5, 0.6) is 5.75 Å². The molecule has 0 fully saturated rings. The maximum absolute atomic E-state index is 12.6. The summed E-state index contributed by atoms with van der Waals surface area (Å²) >= 11 is 3.42. The van der Waals surface area contributed by atoms with Gasteiger partial charge in [0.25, 0.3) is 0 Å². The Hall–Kier alpha value is -1.61. The van der Waals surface area contributed by atoms with E-state index in [1.807, 2.05) is 57.2 Å². The summed E-state index contributed by atoms with van der Waals surface area (Å²) in [4.78, 5) is 12.6. The zero-order valence-electron chi connectivity index (χ0n) is 12.7. The molecule has 2 aromatic carbocycles. The minimum absolute atomic E-state index is 0.0125. The Morgan fingerprint density at radius 3 is 2.43 bits per heavy atom. The number of ether oxygens (including phenoxy) is 1. The van der Waals surface area contributed by atoms with Crippen LogP contribution in [0, 0.1) is 20.8 Å². The van der Waals surface area contributed by atoms with Crippen LogP contribution < -0.4 is 4.74 Å². The van der Waals surface area contributed by atoms with E-state index in [1.165, 1.54) is 0 Å². The maximum atomic E-state index is 12.6. The molecule has 2 aromatic rings. The Labute approximate surface area is 134 Å². The van der Waals surface area contributed by atoms with Gasteiger partial charge in [0.1, 0.15) is 5.75 Å². The van der Waals surface area contributed by atoms with E-state index in [2.05, 4.69) is 15.9 Å². The Kier molecular flexibility index (Phi) is 4.84. The van der Waals surface area contributed by atoms with Gasteiger partial charge < -0.3 is 4.74 Å². The molecule has 0 amide bonds. The number of hydrogen-bond acceptors (Lipinski definition) is 2. The highest BCUT2D eigenvalue weighted by molar-refractivity contribution is 9.10. The fourth-order valence-corrected chi connectivity index (χ4v) is 2.68. The van der Waals surface area contributed by atoms with Gasteiger partial charge in [0, 0.05) is 10.0 Å². The summed E-state index contributed by atoms with van der Waals surface area (Å²) in [6.45, 7) is 7.70. The molecule has 0 aliphatic heterocycles. The maximum Gasteiger partial charge on any atom is 0.203 e. The predicted octanol–water partition coefficient (Wildman–Crippen LogP) is 5.02. The molecule has 0 bridgehead atoms. The van der Waals surface area contributed by atoms with E-state index >= 15 is 0 Å². The number of Topliss-reactive ketones (excluding diaryl/α,β-unsaturated/α-hetero) is 1. The molecule has 0 saturated heterocycles. The minimum Gasteiger partial charge on any atom is -0.482 e. The van der Waals surface area contributed by atoms with Crippen LogP contribution in [-0.4, -0.2) is 11.9 Å². The van der Waals surface area contributed by atoms with Gasteiger partial charge in [-0.1, -0.05) is 33.6 Å². The van der Waals surface area contributed by atoms with Crippen molar-refractivity contribution in [2.45, 2.75) is 33.8 Å². The summed E-state index contributed by atoms with van der Waals surface area (Å²) in [6, 6.07) is 11.7. The fraction of sp³-hybridized carbons (Fsp3) is 0.278. The van der Waals surface area contributed by atoms with Gasteiger partial charge in [-0.2, -0.15) is 0 Å². The molecule has 0 aromatic heterocycles. The topological polar surface area (TPSA) is 26.3 Å². The lowest BCUT2D eigenvalue weighted by Gasteiger charge is -2.17. The van der Waals surface area contributed by atoms with Crippen molar-refractivity contribution in [2.24, 2.45) is 0 Å². The first-order valence-corrected chi connectivity index (χ1v) is 7.72. The van der Waals surface area contributed by atoms with Crippen molar-refractivity contribution in [3.05, 3.63) is 63.1 Å².